The zero-order valence-corrected chi connectivity index (χ0v) is 14.6. The largest absolute Gasteiger partial charge is 0.573 e. The number of aryl methyl sites for hydroxylation is 1. The van der Waals surface area contributed by atoms with Gasteiger partial charge in [-0.3, -0.25) is 14.3 Å². The number of benzene rings is 2. The van der Waals surface area contributed by atoms with E-state index in [1.807, 2.05) is 0 Å². The summed E-state index contributed by atoms with van der Waals surface area (Å²) in [5.74, 6) is -1.89. The van der Waals surface area contributed by atoms with E-state index < -0.39 is 23.8 Å². The lowest BCUT2D eigenvalue weighted by Gasteiger charge is -2.17. The van der Waals surface area contributed by atoms with Crippen LogP contribution >= 0.6 is 0 Å². The Bertz CT molecular complexity index is 1060. The summed E-state index contributed by atoms with van der Waals surface area (Å²) in [6, 6.07) is 7.02. The number of nitrogens with zero attached hydrogens (tertiary/aromatic N) is 3. The SMILES string of the molecule is CN(C(=O)c1nn(C)c2cc(C=O)cc(F)c12)c1ccc(OC(F)(F)F)cc1. The van der Waals surface area contributed by atoms with Gasteiger partial charge in [0.1, 0.15) is 17.9 Å². The molecule has 10 heteroatoms. The third-order valence-corrected chi connectivity index (χ3v) is 4.03. The Morgan fingerprint density at radius 1 is 1.21 bits per heavy atom. The standard InChI is InChI=1S/C18H13F4N3O3/c1-24(11-3-5-12(6-4-11)28-18(20,21)22)17(27)16-15-13(19)7-10(9-26)8-14(15)25(2)23-16/h3-9H,1-2H3. The topological polar surface area (TPSA) is 64.4 Å². The number of anilines is 1. The number of alkyl halides is 3. The molecule has 0 aliphatic heterocycles. The number of hydrogen-bond acceptors (Lipinski definition) is 4. The molecule has 0 saturated carbocycles. The lowest BCUT2D eigenvalue weighted by Crippen LogP contribution is -2.27. The van der Waals surface area contributed by atoms with E-state index in [1.54, 1.807) is 0 Å². The highest BCUT2D eigenvalue weighted by atomic mass is 19.4. The van der Waals surface area contributed by atoms with Crippen LogP contribution in [0.1, 0.15) is 20.8 Å². The van der Waals surface area contributed by atoms with Gasteiger partial charge in [-0.15, -0.1) is 13.2 Å². The molecule has 0 saturated heterocycles. The normalized spacial score (nSPS) is 11.5. The molecule has 0 N–H and O–H groups in total. The molecule has 0 spiro atoms. The fraction of sp³-hybridized carbons (Fsp3) is 0.167. The molecular formula is C18H13F4N3O3. The number of rotatable bonds is 4. The summed E-state index contributed by atoms with van der Waals surface area (Å²) < 4.78 is 56.2. The second kappa shape index (κ2) is 6.95. The average molecular weight is 395 g/mol. The van der Waals surface area contributed by atoms with Crippen molar-refractivity contribution in [3.8, 4) is 5.75 Å². The minimum atomic E-state index is -4.83. The Morgan fingerprint density at radius 2 is 1.86 bits per heavy atom. The third kappa shape index (κ3) is 3.66. The number of aromatic nitrogens is 2. The fourth-order valence-corrected chi connectivity index (χ4v) is 2.72. The van der Waals surface area contributed by atoms with E-state index in [9.17, 15) is 27.2 Å². The van der Waals surface area contributed by atoms with Crippen LogP contribution in [0.4, 0.5) is 23.2 Å². The van der Waals surface area contributed by atoms with Crippen LogP contribution in [0.3, 0.4) is 0 Å². The van der Waals surface area contributed by atoms with Gasteiger partial charge >= 0.3 is 6.36 Å². The van der Waals surface area contributed by atoms with E-state index in [4.69, 9.17) is 0 Å². The van der Waals surface area contributed by atoms with Gasteiger partial charge in [-0.25, -0.2) is 4.39 Å². The van der Waals surface area contributed by atoms with Crippen molar-refractivity contribution in [2.24, 2.45) is 7.05 Å². The van der Waals surface area contributed by atoms with Crippen LogP contribution in [0, 0.1) is 5.82 Å². The highest BCUT2D eigenvalue weighted by Crippen LogP contribution is 2.28. The van der Waals surface area contributed by atoms with Gasteiger partial charge in [-0.1, -0.05) is 0 Å². The van der Waals surface area contributed by atoms with E-state index in [1.165, 1.54) is 37.0 Å². The number of carbonyl (C=O) groups is 2. The Morgan fingerprint density at radius 3 is 2.43 bits per heavy atom. The van der Waals surface area contributed by atoms with Gasteiger partial charge in [0.2, 0.25) is 0 Å². The first-order valence-corrected chi connectivity index (χ1v) is 7.86. The third-order valence-electron chi connectivity index (χ3n) is 4.03. The van der Waals surface area contributed by atoms with Gasteiger partial charge in [-0.2, -0.15) is 5.10 Å². The molecule has 0 unspecified atom stereocenters. The predicted octanol–water partition coefficient (Wildman–Crippen LogP) is 3.70. The summed E-state index contributed by atoms with van der Waals surface area (Å²) in [7, 11) is 2.87. The molecule has 0 aliphatic rings. The second-order valence-electron chi connectivity index (χ2n) is 5.89. The maximum absolute atomic E-state index is 14.4. The summed E-state index contributed by atoms with van der Waals surface area (Å²) in [4.78, 5) is 24.8. The monoisotopic (exact) mass is 395 g/mol. The van der Waals surface area contributed by atoms with Crippen molar-refractivity contribution in [2.75, 3.05) is 11.9 Å². The molecule has 1 heterocycles. The first kappa shape index (κ1) is 19.3. The van der Waals surface area contributed by atoms with Crippen molar-refractivity contribution in [3.05, 3.63) is 53.5 Å². The molecule has 0 bridgehead atoms. The highest BCUT2D eigenvalue weighted by Gasteiger charge is 2.31. The Balaban J connectivity index is 1.95. The molecule has 1 amide bonds. The van der Waals surface area contributed by atoms with Crippen molar-refractivity contribution in [2.45, 2.75) is 6.36 Å². The molecule has 6 nitrogen and oxygen atoms in total. The Kier molecular flexibility index (Phi) is 4.80. The lowest BCUT2D eigenvalue weighted by atomic mass is 10.1. The van der Waals surface area contributed by atoms with Crippen molar-refractivity contribution in [3.63, 3.8) is 0 Å². The molecule has 146 valence electrons. The minimum absolute atomic E-state index is 0.0537. The summed E-state index contributed by atoms with van der Waals surface area (Å²) in [6.07, 6.45) is -4.35. The Labute approximate surface area is 155 Å². The first-order valence-electron chi connectivity index (χ1n) is 7.86. The molecule has 1 aromatic heterocycles. The van der Waals surface area contributed by atoms with Gasteiger partial charge in [0, 0.05) is 25.3 Å². The quantitative estimate of drug-likeness (QED) is 0.499. The van der Waals surface area contributed by atoms with Crippen molar-refractivity contribution >= 4 is 28.8 Å². The van der Waals surface area contributed by atoms with Crippen LogP contribution in [-0.2, 0) is 7.05 Å². The van der Waals surface area contributed by atoms with Crippen LogP contribution in [0.5, 0.6) is 5.75 Å². The van der Waals surface area contributed by atoms with Gasteiger partial charge in [-0.05, 0) is 36.4 Å². The highest BCUT2D eigenvalue weighted by molar-refractivity contribution is 6.12. The zero-order chi connectivity index (χ0) is 20.6. The van der Waals surface area contributed by atoms with E-state index in [0.29, 0.717) is 6.29 Å². The average Bonchev–Trinajstić information content (AvgIpc) is 2.97. The van der Waals surface area contributed by atoms with Crippen LogP contribution in [0.15, 0.2) is 36.4 Å². The van der Waals surface area contributed by atoms with Crippen molar-refractivity contribution in [1.82, 2.24) is 9.78 Å². The van der Waals surface area contributed by atoms with Crippen LogP contribution in [-0.4, -0.2) is 35.4 Å². The molecule has 2 aromatic carbocycles. The van der Waals surface area contributed by atoms with Gasteiger partial charge in [0.05, 0.1) is 10.9 Å². The van der Waals surface area contributed by atoms with Crippen molar-refractivity contribution in [1.29, 1.82) is 0 Å². The molecular weight excluding hydrogens is 382 g/mol. The molecule has 0 aliphatic carbocycles. The number of halogens is 4. The maximum Gasteiger partial charge on any atom is 0.573 e. The van der Waals surface area contributed by atoms with Gasteiger partial charge in [0.15, 0.2) is 5.69 Å². The minimum Gasteiger partial charge on any atom is -0.406 e. The molecule has 3 aromatic rings. The number of fused-ring (bicyclic) bond motifs is 1. The molecule has 0 radical (unpaired) electrons. The number of aldehydes is 1. The molecule has 0 atom stereocenters. The number of hydrogen-bond donors (Lipinski definition) is 0. The number of ether oxygens (including phenoxy) is 1. The summed E-state index contributed by atoms with van der Waals surface area (Å²) in [6.45, 7) is 0. The van der Waals surface area contributed by atoms with Crippen LogP contribution < -0.4 is 9.64 Å². The zero-order valence-electron chi connectivity index (χ0n) is 14.6. The summed E-state index contributed by atoms with van der Waals surface area (Å²) in [5, 5.41) is 3.98. The first-order chi connectivity index (χ1) is 13.1. The fourth-order valence-electron chi connectivity index (χ4n) is 2.72. The maximum atomic E-state index is 14.4. The predicted molar refractivity (Wildman–Crippen MR) is 91.9 cm³/mol. The molecule has 0 fully saturated rings. The Hall–Kier alpha value is -3.43. The molecule has 28 heavy (non-hydrogen) atoms. The smallest absolute Gasteiger partial charge is 0.406 e. The van der Waals surface area contributed by atoms with E-state index in [2.05, 4.69) is 9.84 Å². The van der Waals surface area contributed by atoms with Crippen LogP contribution in [0.2, 0.25) is 0 Å². The number of amides is 1. The van der Waals surface area contributed by atoms with E-state index in [-0.39, 0.29) is 27.8 Å². The summed E-state index contributed by atoms with van der Waals surface area (Å²) >= 11 is 0. The molecule has 3 rings (SSSR count). The van der Waals surface area contributed by atoms with E-state index >= 15 is 0 Å². The van der Waals surface area contributed by atoms with Crippen molar-refractivity contribution < 1.29 is 31.9 Å². The summed E-state index contributed by atoms with van der Waals surface area (Å²) in [5.41, 5.74) is 0.419. The number of carbonyl (C=O) groups excluding carboxylic acids is 2. The second-order valence-corrected chi connectivity index (χ2v) is 5.89. The van der Waals surface area contributed by atoms with E-state index in [0.717, 1.165) is 23.1 Å². The van der Waals surface area contributed by atoms with Crippen LogP contribution in [0.25, 0.3) is 10.9 Å². The van der Waals surface area contributed by atoms with Gasteiger partial charge in [0.25, 0.3) is 5.91 Å². The lowest BCUT2D eigenvalue weighted by molar-refractivity contribution is -0.274. The van der Waals surface area contributed by atoms with Gasteiger partial charge < -0.3 is 9.64 Å².